The number of carbonyl (C=O) groups is 1. The normalized spacial score (nSPS) is 22.7. The molecule has 0 saturated carbocycles. The van der Waals surface area contributed by atoms with Crippen LogP contribution in [-0.4, -0.2) is 38.9 Å². The van der Waals surface area contributed by atoms with E-state index in [9.17, 15) is 4.79 Å². The molecular formula is C11H21NO3. The number of ether oxygens (including phenoxy) is 2. The summed E-state index contributed by atoms with van der Waals surface area (Å²) in [6.45, 7) is 4.64. The highest BCUT2D eigenvalue weighted by molar-refractivity contribution is 5.69. The molecule has 0 aromatic rings. The lowest BCUT2D eigenvalue weighted by atomic mass is 9.96. The zero-order valence-electron chi connectivity index (χ0n) is 9.62. The molecule has 0 bridgehead atoms. The van der Waals surface area contributed by atoms with Gasteiger partial charge in [-0.2, -0.15) is 0 Å². The lowest BCUT2D eigenvalue weighted by molar-refractivity contribution is -0.141. The van der Waals surface area contributed by atoms with Gasteiger partial charge in [-0.05, 0) is 19.4 Å². The minimum Gasteiger partial charge on any atom is -0.469 e. The molecule has 15 heavy (non-hydrogen) atoms. The van der Waals surface area contributed by atoms with Crippen molar-refractivity contribution in [3.63, 3.8) is 0 Å². The monoisotopic (exact) mass is 215 g/mol. The summed E-state index contributed by atoms with van der Waals surface area (Å²) in [6.07, 6.45) is 2.56. The van der Waals surface area contributed by atoms with Crippen molar-refractivity contribution < 1.29 is 14.3 Å². The summed E-state index contributed by atoms with van der Waals surface area (Å²) >= 11 is 0. The highest BCUT2D eigenvalue weighted by atomic mass is 16.5. The van der Waals surface area contributed by atoms with Crippen LogP contribution in [0.4, 0.5) is 0 Å². The van der Waals surface area contributed by atoms with Crippen molar-refractivity contribution in [1.29, 1.82) is 0 Å². The Hall–Kier alpha value is -0.610. The Balaban J connectivity index is 2.40. The molecule has 1 saturated heterocycles. The van der Waals surface area contributed by atoms with E-state index >= 15 is 0 Å². The van der Waals surface area contributed by atoms with Gasteiger partial charge < -0.3 is 14.8 Å². The Morgan fingerprint density at radius 2 is 2.47 bits per heavy atom. The third-order valence-corrected chi connectivity index (χ3v) is 2.80. The van der Waals surface area contributed by atoms with E-state index in [2.05, 4.69) is 12.2 Å². The SMILES string of the molecule is CCCNC(CC(=O)OC)C1CCOC1. The van der Waals surface area contributed by atoms with E-state index in [1.54, 1.807) is 0 Å². The number of hydrogen-bond donors (Lipinski definition) is 1. The van der Waals surface area contributed by atoms with Crippen LogP contribution in [0.1, 0.15) is 26.2 Å². The molecule has 4 heteroatoms. The molecular weight excluding hydrogens is 194 g/mol. The summed E-state index contributed by atoms with van der Waals surface area (Å²) in [5, 5.41) is 3.40. The first-order valence-corrected chi connectivity index (χ1v) is 5.65. The molecule has 1 aliphatic rings. The van der Waals surface area contributed by atoms with Crippen LogP contribution in [-0.2, 0) is 14.3 Å². The molecule has 0 spiro atoms. The van der Waals surface area contributed by atoms with Crippen LogP contribution in [0, 0.1) is 5.92 Å². The van der Waals surface area contributed by atoms with E-state index in [0.29, 0.717) is 12.3 Å². The summed E-state index contributed by atoms with van der Waals surface area (Å²) in [4.78, 5) is 11.2. The van der Waals surface area contributed by atoms with Crippen molar-refractivity contribution in [1.82, 2.24) is 5.32 Å². The van der Waals surface area contributed by atoms with E-state index in [1.165, 1.54) is 7.11 Å². The van der Waals surface area contributed by atoms with Crippen LogP contribution in [0.5, 0.6) is 0 Å². The second-order valence-electron chi connectivity index (χ2n) is 3.96. The highest BCUT2D eigenvalue weighted by Crippen LogP contribution is 2.19. The minimum atomic E-state index is -0.143. The predicted octanol–water partition coefficient (Wildman–Crippen LogP) is 0.954. The van der Waals surface area contributed by atoms with Gasteiger partial charge in [0.15, 0.2) is 0 Å². The maximum Gasteiger partial charge on any atom is 0.307 e. The van der Waals surface area contributed by atoms with Crippen molar-refractivity contribution in [2.24, 2.45) is 5.92 Å². The van der Waals surface area contributed by atoms with Gasteiger partial charge >= 0.3 is 5.97 Å². The quantitative estimate of drug-likeness (QED) is 0.670. The van der Waals surface area contributed by atoms with Crippen molar-refractivity contribution in [3.8, 4) is 0 Å². The van der Waals surface area contributed by atoms with Gasteiger partial charge in [-0.3, -0.25) is 4.79 Å². The van der Waals surface area contributed by atoms with E-state index in [4.69, 9.17) is 9.47 Å². The van der Waals surface area contributed by atoms with Crippen LogP contribution in [0.3, 0.4) is 0 Å². The lowest BCUT2D eigenvalue weighted by Gasteiger charge is -2.22. The molecule has 1 aliphatic heterocycles. The fourth-order valence-corrected chi connectivity index (χ4v) is 1.87. The molecule has 2 unspecified atom stereocenters. The smallest absolute Gasteiger partial charge is 0.307 e. The van der Waals surface area contributed by atoms with Crippen LogP contribution < -0.4 is 5.32 Å². The first-order valence-electron chi connectivity index (χ1n) is 5.65. The van der Waals surface area contributed by atoms with Gasteiger partial charge in [0, 0.05) is 18.6 Å². The Morgan fingerprint density at radius 1 is 1.67 bits per heavy atom. The maximum absolute atomic E-state index is 11.2. The Kier molecular flexibility index (Phi) is 5.65. The Bertz CT molecular complexity index is 190. The number of hydrogen-bond acceptors (Lipinski definition) is 4. The summed E-state index contributed by atoms with van der Waals surface area (Å²) in [5.41, 5.74) is 0. The van der Waals surface area contributed by atoms with Crippen LogP contribution in [0.25, 0.3) is 0 Å². The lowest BCUT2D eigenvalue weighted by Crippen LogP contribution is -2.39. The number of carbonyl (C=O) groups excluding carboxylic acids is 1. The van der Waals surface area contributed by atoms with Gasteiger partial charge in [0.25, 0.3) is 0 Å². The molecule has 1 rings (SSSR count). The van der Waals surface area contributed by atoms with E-state index in [0.717, 1.165) is 32.6 Å². The van der Waals surface area contributed by atoms with E-state index in [1.807, 2.05) is 0 Å². The molecule has 1 heterocycles. The van der Waals surface area contributed by atoms with E-state index in [-0.39, 0.29) is 12.0 Å². The van der Waals surface area contributed by atoms with Gasteiger partial charge in [0.05, 0.1) is 20.1 Å². The first-order chi connectivity index (χ1) is 7.27. The molecule has 1 fully saturated rings. The zero-order chi connectivity index (χ0) is 11.1. The molecule has 88 valence electrons. The molecule has 4 nitrogen and oxygen atoms in total. The molecule has 2 atom stereocenters. The average Bonchev–Trinajstić information content (AvgIpc) is 2.77. The zero-order valence-corrected chi connectivity index (χ0v) is 9.62. The summed E-state index contributed by atoms with van der Waals surface area (Å²) < 4.78 is 10.0. The van der Waals surface area contributed by atoms with Crippen LogP contribution >= 0.6 is 0 Å². The summed E-state index contributed by atoms with van der Waals surface area (Å²) in [6, 6.07) is 0.208. The third kappa shape index (κ3) is 4.18. The molecule has 1 N–H and O–H groups in total. The van der Waals surface area contributed by atoms with Gasteiger partial charge in [-0.1, -0.05) is 6.92 Å². The van der Waals surface area contributed by atoms with Gasteiger partial charge in [-0.15, -0.1) is 0 Å². The number of methoxy groups -OCH3 is 1. The molecule has 0 amide bonds. The number of rotatable bonds is 6. The fraction of sp³-hybridized carbons (Fsp3) is 0.909. The van der Waals surface area contributed by atoms with Gasteiger partial charge in [0.2, 0.25) is 0 Å². The molecule has 0 aromatic carbocycles. The van der Waals surface area contributed by atoms with Crippen molar-refractivity contribution in [2.45, 2.75) is 32.2 Å². The first kappa shape index (κ1) is 12.5. The summed E-state index contributed by atoms with van der Waals surface area (Å²) in [7, 11) is 1.43. The second kappa shape index (κ2) is 6.80. The second-order valence-corrected chi connectivity index (χ2v) is 3.96. The van der Waals surface area contributed by atoms with Crippen molar-refractivity contribution >= 4 is 5.97 Å². The standard InChI is InChI=1S/C11H21NO3/c1-3-5-12-10(7-11(13)14-2)9-4-6-15-8-9/h9-10,12H,3-8H2,1-2H3. The topological polar surface area (TPSA) is 47.6 Å². The van der Waals surface area contributed by atoms with Gasteiger partial charge in [0.1, 0.15) is 0 Å². The number of esters is 1. The molecule has 0 aromatic heterocycles. The largest absolute Gasteiger partial charge is 0.469 e. The maximum atomic E-state index is 11.2. The van der Waals surface area contributed by atoms with Crippen LogP contribution in [0.15, 0.2) is 0 Å². The van der Waals surface area contributed by atoms with Crippen molar-refractivity contribution in [3.05, 3.63) is 0 Å². The van der Waals surface area contributed by atoms with Crippen LogP contribution in [0.2, 0.25) is 0 Å². The fourth-order valence-electron chi connectivity index (χ4n) is 1.87. The molecule has 0 aliphatic carbocycles. The Labute approximate surface area is 91.3 Å². The van der Waals surface area contributed by atoms with Gasteiger partial charge in [-0.25, -0.2) is 0 Å². The minimum absolute atomic E-state index is 0.143. The number of nitrogens with one attached hydrogen (secondary N) is 1. The Morgan fingerprint density at radius 3 is 3.00 bits per heavy atom. The van der Waals surface area contributed by atoms with Crippen molar-refractivity contribution in [2.75, 3.05) is 26.9 Å². The summed E-state index contributed by atoms with van der Waals surface area (Å²) in [5.74, 6) is 0.311. The van der Waals surface area contributed by atoms with E-state index < -0.39 is 0 Å². The molecule has 0 radical (unpaired) electrons. The average molecular weight is 215 g/mol. The highest BCUT2D eigenvalue weighted by Gasteiger charge is 2.27. The predicted molar refractivity (Wildman–Crippen MR) is 57.6 cm³/mol. The third-order valence-electron chi connectivity index (χ3n) is 2.80.